The zero-order valence-corrected chi connectivity index (χ0v) is 17.2. The number of para-hydroxylation sites is 2. The second-order valence-electron chi connectivity index (χ2n) is 8.44. The van der Waals surface area contributed by atoms with Crippen molar-refractivity contribution in [2.45, 2.75) is 45.1 Å². The normalized spacial score (nSPS) is 16.2. The van der Waals surface area contributed by atoms with E-state index in [0.29, 0.717) is 5.39 Å². The molecule has 5 heteroatoms. The van der Waals surface area contributed by atoms with E-state index in [9.17, 15) is 9.59 Å². The van der Waals surface area contributed by atoms with Crippen LogP contribution in [0.2, 0.25) is 0 Å². The first-order valence-corrected chi connectivity index (χ1v) is 10.6. The van der Waals surface area contributed by atoms with Gasteiger partial charge in [0.05, 0.1) is 11.6 Å². The summed E-state index contributed by atoms with van der Waals surface area (Å²) in [4.78, 5) is 32.8. The van der Waals surface area contributed by atoms with Gasteiger partial charge in [0, 0.05) is 28.2 Å². The van der Waals surface area contributed by atoms with Gasteiger partial charge in [-0.25, -0.2) is 0 Å². The number of carbonyl (C=O) groups is 1. The molecule has 0 spiro atoms. The lowest BCUT2D eigenvalue weighted by Gasteiger charge is -2.24. The van der Waals surface area contributed by atoms with E-state index >= 15 is 0 Å². The highest BCUT2D eigenvalue weighted by Crippen LogP contribution is 2.34. The molecule has 2 heterocycles. The Morgan fingerprint density at radius 3 is 2.73 bits per heavy atom. The Hall–Kier alpha value is -3.34. The standard InChI is InChI=1S/C25H25N3O2/c1-14(2)15-8-5-10-18-22(15)26-13-19(24(18)29)25(30)28-21-12-6-9-17-16-7-3-4-11-20(16)27-23(17)21/h3-5,7-8,10-11,13-14,21,27H,6,9,12H2,1-2H3,(H,26,29)(H,28,30)/t21-/m1/s1. The van der Waals surface area contributed by atoms with Crippen molar-refractivity contribution in [2.75, 3.05) is 0 Å². The van der Waals surface area contributed by atoms with Crippen molar-refractivity contribution in [1.29, 1.82) is 0 Å². The molecule has 30 heavy (non-hydrogen) atoms. The van der Waals surface area contributed by atoms with Crippen LogP contribution in [0.1, 0.15) is 65.8 Å². The largest absolute Gasteiger partial charge is 0.360 e. The van der Waals surface area contributed by atoms with E-state index < -0.39 is 0 Å². The van der Waals surface area contributed by atoms with Crippen LogP contribution in [0.15, 0.2) is 53.5 Å². The second kappa shape index (κ2) is 7.17. The van der Waals surface area contributed by atoms with Crippen molar-refractivity contribution >= 4 is 27.7 Å². The minimum atomic E-state index is -0.329. The number of rotatable bonds is 3. The van der Waals surface area contributed by atoms with Gasteiger partial charge in [-0.15, -0.1) is 0 Å². The number of aryl methyl sites for hydroxylation is 1. The summed E-state index contributed by atoms with van der Waals surface area (Å²) in [5, 5.41) is 4.88. The summed E-state index contributed by atoms with van der Waals surface area (Å²) in [6, 6.07) is 13.8. The SMILES string of the molecule is CC(C)c1cccc2c(=O)c(C(=O)N[C@@H]3CCCc4c3[nH]c3ccccc43)c[nH]c12. The van der Waals surface area contributed by atoms with Crippen molar-refractivity contribution in [3.63, 3.8) is 0 Å². The average Bonchev–Trinajstić information content (AvgIpc) is 3.13. The molecular formula is C25H25N3O2. The van der Waals surface area contributed by atoms with Crippen LogP contribution in [-0.2, 0) is 6.42 Å². The molecule has 3 N–H and O–H groups in total. The number of hydrogen-bond acceptors (Lipinski definition) is 2. The number of fused-ring (bicyclic) bond motifs is 4. The minimum Gasteiger partial charge on any atom is -0.360 e. The van der Waals surface area contributed by atoms with E-state index in [1.807, 2.05) is 24.3 Å². The van der Waals surface area contributed by atoms with E-state index in [2.05, 4.69) is 41.3 Å². The lowest BCUT2D eigenvalue weighted by molar-refractivity contribution is 0.0930. The van der Waals surface area contributed by atoms with Gasteiger partial charge in [-0.05, 0) is 48.4 Å². The van der Waals surface area contributed by atoms with Crippen LogP contribution in [0.4, 0.5) is 0 Å². The lowest BCUT2D eigenvalue weighted by atomic mass is 9.91. The Kier molecular flexibility index (Phi) is 4.46. The molecule has 1 amide bonds. The molecule has 0 aliphatic heterocycles. The molecule has 0 bridgehead atoms. The van der Waals surface area contributed by atoms with E-state index in [4.69, 9.17) is 0 Å². The number of hydrogen-bond donors (Lipinski definition) is 3. The molecule has 5 rings (SSSR count). The smallest absolute Gasteiger partial charge is 0.257 e. The highest BCUT2D eigenvalue weighted by molar-refractivity contribution is 5.98. The maximum Gasteiger partial charge on any atom is 0.257 e. The molecule has 0 fully saturated rings. The second-order valence-corrected chi connectivity index (χ2v) is 8.44. The van der Waals surface area contributed by atoms with E-state index in [-0.39, 0.29) is 28.9 Å². The van der Waals surface area contributed by atoms with Gasteiger partial charge in [0.15, 0.2) is 0 Å². The Morgan fingerprint density at radius 1 is 1.10 bits per heavy atom. The third-order valence-electron chi connectivity index (χ3n) is 6.23. The summed E-state index contributed by atoms with van der Waals surface area (Å²) in [5.74, 6) is -0.0451. The summed E-state index contributed by atoms with van der Waals surface area (Å²) in [7, 11) is 0. The minimum absolute atomic E-state index is 0.120. The van der Waals surface area contributed by atoms with Crippen molar-refractivity contribution in [2.24, 2.45) is 0 Å². The van der Waals surface area contributed by atoms with Crippen molar-refractivity contribution in [3.8, 4) is 0 Å². The highest BCUT2D eigenvalue weighted by atomic mass is 16.2. The summed E-state index contributed by atoms with van der Waals surface area (Å²) in [6.07, 6.45) is 4.42. The summed E-state index contributed by atoms with van der Waals surface area (Å²) in [6.45, 7) is 4.18. The number of aromatic nitrogens is 2. The van der Waals surface area contributed by atoms with Crippen LogP contribution in [0, 0.1) is 0 Å². The quantitative estimate of drug-likeness (QED) is 0.456. The number of benzene rings is 2. The number of H-pyrrole nitrogens is 2. The number of aromatic amines is 2. The summed E-state index contributed by atoms with van der Waals surface area (Å²) >= 11 is 0. The number of amides is 1. The fraction of sp³-hybridized carbons (Fsp3) is 0.280. The first-order valence-electron chi connectivity index (χ1n) is 10.6. The molecule has 0 unspecified atom stereocenters. The van der Waals surface area contributed by atoms with Gasteiger partial charge in [0.2, 0.25) is 5.43 Å². The van der Waals surface area contributed by atoms with Gasteiger partial charge in [0.1, 0.15) is 5.56 Å². The first-order chi connectivity index (χ1) is 14.5. The third kappa shape index (κ3) is 2.93. The Morgan fingerprint density at radius 2 is 1.90 bits per heavy atom. The molecule has 4 aromatic rings. The average molecular weight is 399 g/mol. The molecule has 0 saturated carbocycles. The van der Waals surface area contributed by atoms with Crippen LogP contribution in [0.5, 0.6) is 0 Å². The van der Waals surface area contributed by atoms with Crippen LogP contribution >= 0.6 is 0 Å². The van der Waals surface area contributed by atoms with Crippen molar-refractivity contribution in [1.82, 2.24) is 15.3 Å². The maximum absolute atomic E-state index is 13.1. The van der Waals surface area contributed by atoms with Crippen molar-refractivity contribution in [3.05, 3.63) is 81.3 Å². The molecule has 1 atom stereocenters. The van der Waals surface area contributed by atoms with Gasteiger partial charge in [-0.2, -0.15) is 0 Å². The predicted molar refractivity (Wildman–Crippen MR) is 120 cm³/mol. The third-order valence-corrected chi connectivity index (χ3v) is 6.23. The number of pyridine rings is 1. The van der Waals surface area contributed by atoms with Gasteiger partial charge in [-0.3, -0.25) is 9.59 Å². The molecule has 2 aromatic heterocycles. The zero-order valence-electron chi connectivity index (χ0n) is 17.2. The van der Waals surface area contributed by atoms with Gasteiger partial charge < -0.3 is 15.3 Å². The topological polar surface area (TPSA) is 77.8 Å². The summed E-state index contributed by atoms with van der Waals surface area (Å²) in [5.41, 5.74) is 5.25. The first kappa shape index (κ1) is 18.7. The van der Waals surface area contributed by atoms with E-state index in [1.54, 1.807) is 12.3 Å². The molecule has 1 aliphatic rings. The van der Waals surface area contributed by atoms with Gasteiger partial charge in [0.25, 0.3) is 5.91 Å². The highest BCUT2D eigenvalue weighted by Gasteiger charge is 2.26. The molecular weight excluding hydrogens is 374 g/mol. The molecule has 0 saturated heterocycles. The fourth-order valence-corrected chi connectivity index (χ4v) is 4.72. The molecule has 0 radical (unpaired) electrons. The predicted octanol–water partition coefficient (Wildman–Crippen LogP) is 4.94. The van der Waals surface area contributed by atoms with E-state index in [0.717, 1.165) is 41.6 Å². The Bertz CT molecular complexity index is 1330. The molecule has 2 aromatic carbocycles. The monoisotopic (exact) mass is 399 g/mol. The Labute approximate surface area is 174 Å². The number of nitrogens with one attached hydrogen (secondary N) is 3. The van der Waals surface area contributed by atoms with Gasteiger partial charge in [-0.1, -0.05) is 44.2 Å². The van der Waals surface area contributed by atoms with E-state index in [1.165, 1.54) is 10.9 Å². The number of carbonyl (C=O) groups excluding carboxylic acids is 1. The molecule has 152 valence electrons. The maximum atomic E-state index is 13.1. The summed E-state index contributed by atoms with van der Waals surface area (Å²) < 4.78 is 0. The lowest BCUT2D eigenvalue weighted by Crippen LogP contribution is -2.34. The van der Waals surface area contributed by atoms with Crippen LogP contribution in [-0.4, -0.2) is 15.9 Å². The Balaban J connectivity index is 1.50. The van der Waals surface area contributed by atoms with Crippen LogP contribution < -0.4 is 10.7 Å². The fourth-order valence-electron chi connectivity index (χ4n) is 4.72. The molecule has 1 aliphatic carbocycles. The van der Waals surface area contributed by atoms with Crippen molar-refractivity contribution < 1.29 is 4.79 Å². The van der Waals surface area contributed by atoms with Crippen LogP contribution in [0.25, 0.3) is 21.8 Å². The zero-order chi connectivity index (χ0) is 20.8. The molecule has 5 nitrogen and oxygen atoms in total. The van der Waals surface area contributed by atoms with Gasteiger partial charge >= 0.3 is 0 Å². The van der Waals surface area contributed by atoms with Crippen LogP contribution in [0.3, 0.4) is 0 Å².